The summed E-state index contributed by atoms with van der Waals surface area (Å²) >= 11 is 0. The zero-order valence-electron chi connectivity index (χ0n) is 25.8. The van der Waals surface area contributed by atoms with Crippen LogP contribution in [0.2, 0.25) is 0 Å². The van der Waals surface area contributed by atoms with Crippen LogP contribution in [0.15, 0.2) is 27.2 Å². The summed E-state index contributed by atoms with van der Waals surface area (Å²) in [6.07, 6.45) is 5.95. The molecule has 4 heterocycles. The van der Waals surface area contributed by atoms with E-state index in [-0.39, 0.29) is 23.6 Å². The molecule has 2 fully saturated rings. The lowest BCUT2D eigenvalue weighted by molar-refractivity contribution is 0.0478. The summed E-state index contributed by atoms with van der Waals surface area (Å²) in [6.45, 7) is 18.7. The van der Waals surface area contributed by atoms with Gasteiger partial charge in [0.1, 0.15) is 11.8 Å². The fourth-order valence-corrected chi connectivity index (χ4v) is 6.14. The van der Waals surface area contributed by atoms with Crippen LogP contribution in [-0.2, 0) is 10.2 Å². The van der Waals surface area contributed by atoms with E-state index in [4.69, 9.17) is 18.6 Å². The lowest BCUT2D eigenvalue weighted by Crippen LogP contribution is -2.61. The number of carbonyl (C=O) groups excluding carboxylic acids is 2. The van der Waals surface area contributed by atoms with Crippen LogP contribution in [0.3, 0.4) is 0 Å². The van der Waals surface area contributed by atoms with E-state index in [0.29, 0.717) is 48.3 Å². The molecule has 3 aromatic heterocycles. The molecule has 1 saturated heterocycles. The number of hydrogen-bond acceptors (Lipinski definition) is 8. The van der Waals surface area contributed by atoms with Crippen molar-refractivity contribution in [1.29, 1.82) is 0 Å². The third kappa shape index (κ3) is 5.86. The van der Waals surface area contributed by atoms with Crippen molar-refractivity contribution in [1.82, 2.24) is 14.9 Å². The van der Waals surface area contributed by atoms with Crippen molar-refractivity contribution >= 4 is 29.0 Å². The van der Waals surface area contributed by atoms with Gasteiger partial charge in [-0.05, 0) is 63.4 Å². The second kappa shape index (κ2) is 10.5. The van der Waals surface area contributed by atoms with Gasteiger partial charge < -0.3 is 23.4 Å². The quantitative estimate of drug-likeness (QED) is 0.315. The normalized spacial score (nSPS) is 19.5. The first-order chi connectivity index (χ1) is 19.2. The van der Waals surface area contributed by atoms with Crippen LogP contribution in [0.25, 0.3) is 11.1 Å². The van der Waals surface area contributed by atoms with Crippen LogP contribution in [0.4, 0.5) is 6.01 Å². The number of fused-ring (bicyclic) bond motifs is 1. The Morgan fingerprint density at radius 3 is 2.41 bits per heavy atom. The van der Waals surface area contributed by atoms with Gasteiger partial charge >= 0.3 is 5.97 Å². The highest BCUT2D eigenvalue weighted by molar-refractivity contribution is 5.96. The standard InChI is InChI=1S/C32H44N4O5/c1-9-39-28(38)24-18-40-29(34-24)35-14-15-36(32(7,8)19-35)27(37)25-17-23-26(41-25)21(30(2,3)4)16-22(33-23)20-10-12-31(5,6)13-11-20/h16-18,20H,9-15,19H2,1-8H3. The highest BCUT2D eigenvalue weighted by Crippen LogP contribution is 2.43. The molecule has 222 valence electrons. The number of rotatable bonds is 5. The number of aromatic nitrogens is 2. The molecular formula is C32H44N4O5. The molecule has 1 amide bonds. The predicted octanol–water partition coefficient (Wildman–Crippen LogP) is 6.71. The van der Waals surface area contributed by atoms with Gasteiger partial charge in [-0.3, -0.25) is 4.79 Å². The van der Waals surface area contributed by atoms with Crippen LogP contribution in [0, 0.1) is 5.41 Å². The molecule has 3 aromatic rings. The molecular weight excluding hydrogens is 520 g/mol. The molecule has 1 aliphatic heterocycles. The van der Waals surface area contributed by atoms with E-state index in [0.717, 1.165) is 29.6 Å². The summed E-state index contributed by atoms with van der Waals surface area (Å²) in [5, 5.41) is 0. The van der Waals surface area contributed by atoms with Crippen molar-refractivity contribution in [3.05, 3.63) is 41.1 Å². The van der Waals surface area contributed by atoms with Crippen molar-refractivity contribution in [3.63, 3.8) is 0 Å². The van der Waals surface area contributed by atoms with Gasteiger partial charge in [0, 0.05) is 42.9 Å². The number of ether oxygens (including phenoxy) is 1. The Hall–Kier alpha value is -3.36. The van der Waals surface area contributed by atoms with Crippen LogP contribution < -0.4 is 4.90 Å². The lowest BCUT2D eigenvalue weighted by Gasteiger charge is -2.46. The van der Waals surface area contributed by atoms with Crippen molar-refractivity contribution in [3.8, 4) is 0 Å². The van der Waals surface area contributed by atoms with Gasteiger partial charge in [-0.25, -0.2) is 9.78 Å². The average molecular weight is 565 g/mol. The van der Waals surface area contributed by atoms with Crippen LogP contribution in [0.5, 0.6) is 0 Å². The Morgan fingerprint density at radius 2 is 1.78 bits per heavy atom. The molecule has 0 atom stereocenters. The smallest absolute Gasteiger partial charge is 0.360 e. The zero-order valence-corrected chi connectivity index (χ0v) is 25.8. The molecule has 0 bridgehead atoms. The minimum absolute atomic E-state index is 0.138. The van der Waals surface area contributed by atoms with E-state index in [2.05, 4.69) is 45.7 Å². The van der Waals surface area contributed by atoms with E-state index in [1.807, 2.05) is 29.7 Å². The molecule has 0 aromatic carbocycles. The number of nitrogens with zero attached hydrogens (tertiary/aromatic N) is 4. The topological polar surface area (TPSA) is 102 Å². The number of oxazole rings is 1. The molecule has 0 N–H and O–H groups in total. The lowest BCUT2D eigenvalue weighted by atomic mass is 9.72. The molecule has 0 unspecified atom stereocenters. The molecule has 2 aliphatic rings. The molecule has 9 heteroatoms. The van der Waals surface area contributed by atoms with Crippen molar-refractivity contribution in [2.45, 2.75) is 97.9 Å². The van der Waals surface area contributed by atoms with Crippen molar-refractivity contribution in [2.75, 3.05) is 31.1 Å². The third-order valence-corrected chi connectivity index (χ3v) is 8.67. The fourth-order valence-electron chi connectivity index (χ4n) is 6.14. The maximum atomic E-state index is 13.9. The van der Waals surface area contributed by atoms with Gasteiger partial charge in [-0.1, -0.05) is 34.6 Å². The first-order valence-electron chi connectivity index (χ1n) is 14.8. The van der Waals surface area contributed by atoms with Gasteiger partial charge in [0.05, 0.1) is 12.1 Å². The van der Waals surface area contributed by atoms with Crippen LogP contribution in [0.1, 0.15) is 119 Å². The van der Waals surface area contributed by atoms with Crippen LogP contribution >= 0.6 is 0 Å². The highest BCUT2D eigenvalue weighted by atomic mass is 16.5. The number of furan rings is 1. The fraction of sp³-hybridized carbons (Fsp3) is 0.625. The molecule has 1 saturated carbocycles. The second-order valence-electron chi connectivity index (χ2n) is 14.0. The summed E-state index contributed by atoms with van der Waals surface area (Å²) in [5.41, 5.74) is 3.46. The van der Waals surface area contributed by atoms with E-state index in [1.54, 1.807) is 6.92 Å². The number of carbonyl (C=O) groups is 2. The minimum Gasteiger partial charge on any atom is -0.461 e. The summed E-state index contributed by atoms with van der Waals surface area (Å²) in [6, 6.07) is 4.38. The number of pyridine rings is 1. The number of piperazine rings is 1. The monoisotopic (exact) mass is 564 g/mol. The van der Waals surface area contributed by atoms with E-state index >= 15 is 0 Å². The molecule has 0 spiro atoms. The van der Waals surface area contributed by atoms with Gasteiger partial charge in [0.2, 0.25) is 0 Å². The van der Waals surface area contributed by atoms with E-state index in [9.17, 15) is 9.59 Å². The predicted molar refractivity (Wildman–Crippen MR) is 157 cm³/mol. The number of amides is 1. The van der Waals surface area contributed by atoms with Gasteiger partial charge in [-0.2, -0.15) is 4.98 Å². The Balaban J connectivity index is 1.39. The second-order valence-corrected chi connectivity index (χ2v) is 14.0. The molecule has 9 nitrogen and oxygen atoms in total. The SMILES string of the molecule is CCOC(=O)c1coc(N2CCN(C(=O)c3cc4nc(C5CCC(C)(C)CC5)cc(C(C)(C)C)c4o3)C(C)(C)C2)n1. The Bertz CT molecular complexity index is 1430. The van der Waals surface area contributed by atoms with E-state index in [1.165, 1.54) is 19.1 Å². The number of anilines is 1. The largest absolute Gasteiger partial charge is 0.461 e. The van der Waals surface area contributed by atoms with Crippen LogP contribution in [-0.4, -0.2) is 58.5 Å². The zero-order chi connectivity index (χ0) is 29.7. The van der Waals surface area contributed by atoms with Crippen molar-refractivity contribution in [2.24, 2.45) is 5.41 Å². The minimum atomic E-state index is -0.548. The van der Waals surface area contributed by atoms with Gasteiger partial charge in [0.25, 0.3) is 11.9 Å². The molecule has 5 rings (SSSR count). The van der Waals surface area contributed by atoms with Crippen molar-refractivity contribution < 1.29 is 23.2 Å². The average Bonchev–Trinajstić information content (AvgIpc) is 3.54. The summed E-state index contributed by atoms with van der Waals surface area (Å²) in [7, 11) is 0. The number of esters is 1. The Labute approximate surface area is 242 Å². The first-order valence-corrected chi connectivity index (χ1v) is 14.8. The molecule has 0 radical (unpaired) electrons. The van der Waals surface area contributed by atoms with E-state index < -0.39 is 11.5 Å². The Kier molecular flexibility index (Phi) is 7.45. The Morgan fingerprint density at radius 1 is 1.07 bits per heavy atom. The first kappa shape index (κ1) is 29.1. The molecule has 1 aliphatic carbocycles. The maximum Gasteiger partial charge on any atom is 0.360 e. The summed E-state index contributed by atoms with van der Waals surface area (Å²) < 4.78 is 16.9. The van der Waals surface area contributed by atoms with Gasteiger partial charge in [-0.15, -0.1) is 0 Å². The molecule has 41 heavy (non-hydrogen) atoms. The van der Waals surface area contributed by atoms with Gasteiger partial charge in [0.15, 0.2) is 17.0 Å². The third-order valence-electron chi connectivity index (χ3n) is 8.67. The number of hydrogen-bond donors (Lipinski definition) is 0. The summed E-state index contributed by atoms with van der Waals surface area (Å²) in [5.74, 6) is 0.0589. The summed E-state index contributed by atoms with van der Waals surface area (Å²) in [4.78, 5) is 39.1. The maximum absolute atomic E-state index is 13.9. The highest BCUT2D eigenvalue weighted by Gasteiger charge is 2.40.